The number of aliphatic hydroxyl groups excluding tert-OH is 1. The van der Waals surface area contributed by atoms with E-state index in [1.807, 2.05) is 0 Å². The summed E-state index contributed by atoms with van der Waals surface area (Å²) in [5.41, 5.74) is 6.01. The SMILES string of the molecule is CC(O)CN1CC2(CCC1=O)CCN(c1ncccc1C(N)=O)CC2. The molecule has 2 fully saturated rings. The molecule has 0 bridgehead atoms. The number of nitrogens with two attached hydrogens (primary N) is 1. The third-order valence-corrected chi connectivity index (χ3v) is 5.41. The van der Waals surface area contributed by atoms with E-state index in [-0.39, 0.29) is 11.3 Å². The van der Waals surface area contributed by atoms with Crippen molar-refractivity contribution in [3.63, 3.8) is 0 Å². The van der Waals surface area contributed by atoms with Crippen LogP contribution in [0.25, 0.3) is 0 Å². The Morgan fingerprint density at radius 3 is 2.76 bits per heavy atom. The van der Waals surface area contributed by atoms with Crippen LogP contribution in [0.1, 0.15) is 43.0 Å². The molecule has 7 heteroatoms. The highest BCUT2D eigenvalue weighted by Gasteiger charge is 2.41. The molecule has 136 valence electrons. The van der Waals surface area contributed by atoms with Gasteiger partial charge < -0.3 is 20.6 Å². The second-order valence-corrected chi connectivity index (χ2v) is 7.35. The monoisotopic (exact) mass is 346 g/mol. The minimum Gasteiger partial charge on any atom is -0.392 e. The molecule has 1 aromatic heterocycles. The molecule has 2 aliphatic rings. The number of anilines is 1. The average molecular weight is 346 g/mol. The lowest BCUT2D eigenvalue weighted by molar-refractivity contribution is -0.139. The van der Waals surface area contributed by atoms with Crippen molar-refractivity contribution in [2.45, 2.75) is 38.7 Å². The summed E-state index contributed by atoms with van der Waals surface area (Å²) in [6.07, 6.45) is 4.47. The molecule has 25 heavy (non-hydrogen) atoms. The Kier molecular flexibility index (Phi) is 4.94. The van der Waals surface area contributed by atoms with Crippen LogP contribution >= 0.6 is 0 Å². The van der Waals surface area contributed by atoms with Gasteiger partial charge in [-0.2, -0.15) is 0 Å². The predicted molar refractivity (Wildman–Crippen MR) is 94.1 cm³/mol. The largest absolute Gasteiger partial charge is 0.392 e. The number of amides is 2. The quantitative estimate of drug-likeness (QED) is 0.839. The van der Waals surface area contributed by atoms with Crippen molar-refractivity contribution >= 4 is 17.6 Å². The molecule has 3 rings (SSSR count). The molecular weight excluding hydrogens is 320 g/mol. The van der Waals surface area contributed by atoms with E-state index >= 15 is 0 Å². The molecule has 0 aliphatic carbocycles. The van der Waals surface area contributed by atoms with Crippen LogP contribution in [0, 0.1) is 5.41 Å². The van der Waals surface area contributed by atoms with Crippen LogP contribution in [0.2, 0.25) is 0 Å². The van der Waals surface area contributed by atoms with E-state index in [0.717, 1.165) is 32.4 Å². The van der Waals surface area contributed by atoms with Gasteiger partial charge in [-0.05, 0) is 43.7 Å². The first-order valence-corrected chi connectivity index (χ1v) is 8.86. The van der Waals surface area contributed by atoms with E-state index in [2.05, 4.69) is 9.88 Å². The number of hydrogen-bond donors (Lipinski definition) is 2. The number of pyridine rings is 1. The molecule has 2 saturated heterocycles. The number of aromatic nitrogens is 1. The lowest BCUT2D eigenvalue weighted by Gasteiger charge is -2.48. The summed E-state index contributed by atoms with van der Waals surface area (Å²) in [6.45, 7) is 4.39. The Labute approximate surface area is 147 Å². The van der Waals surface area contributed by atoms with Gasteiger partial charge in [0.2, 0.25) is 5.91 Å². The first-order valence-electron chi connectivity index (χ1n) is 8.86. The van der Waals surface area contributed by atoms with Gasteiger partial charge in [0, 0.05) is 38.8 Å². The summed E-state index contributed by atoms with van der Waals surface area (Å²) in [7, 11) is 0. The third kappa shape index (κ3) is 3.76. The Morgan fingerprint density at radius 1 is 1.40 bits per heavy atom. The zero-order valence-corrected chi connectivity index (χ0v) is 14.6. The molecule has 1 atom stereocenters. The molecule has 0 radical (unpaired) electrons. The summed E-state index contributed by atoms with van der Waals surface area (Å²) in [4.78, 5) is 32.0. The summed E-state index contributed by atoms with van der Waals surface area (Å²) in [6, 6.07) is 3.43. The van der Waals surface area contributed by atoms with E-state index in [4.69, 9.17) is 5.73 Å². The van der Waals surface area contributed by atoms with Gasteiger partial charge >= 0.3 is 0 Å². The van der Waals surface area contributed by atoms with E-state index in [1.54, 1.807) is 30.2 Å². The molecule has 2 aliphatic heterocycles. The predicted octanol–water partition coefficient (Wildman–Crippen LogP) is 0.770. The Bertz CT molecular complexity index is 653. The van der Waals surface area contributed by atoms with Crippen LogP contribution in [0.3, 0.4) is 0 Å². The lowest BCUT2D eigenvalue weighted by atomic mass is 9.72. The van der Waals surface area contributed by atoms with Gasteiger partial charge in [-0.15, -0.1) is 0 Å². The van der Waals surface area contributed by atoms with E-state index in [9.17, 15) is 14.7 Å². The van der Waals surface area contributed by atoms with Crippen molar-refractivity contribution in [3.05, 3.63) is 23.9 Å². The van der Waals surface area contributed by atoms with Gasteiger partial charge in [-0.1, -0.05) is 0 Å². The maximum Gasteiger partial charge on any atom is 0.252 e. The van der Waals surface area contributed by atoms with Crippen molar-refractivity contribution in [2.24, 2.45) is 11.1 Å². The smallest absolute Gasteiger partial charge is 0.252 e. The molecule has 1 spiro atoms. The molecular formula is C18H26N4O3. The molecule has 3 heterocycles. The fraction of sp³-hybridized carbons (Fsp3) is 0.611. The number of primary amides is 1. The topological polar surface area (TPSA) is 99.8 Å². The molecule has 2 amide bonds. The highest BCUT2D eigenvalue weighted by Crippen LogP contribution is 2.41. The number of piperidine rings is 2. The fourth-order valence-corrected chi connectivity index (χ4v) is 4.03. The van der Waals surface area contributed by atoms with Crippen molar-refractivity contribution in [1.82, 2.24) is 9.88 Å². The molecule has 1 aromatic rings. The standard InChI is InChI=1S/C18H26N4O3/c1-13(23)11-22-12-18(5-4-15(22)24)6-9-21(10-7-18)17-14(16(19)25)3-2-8-20-17/h2-3,8,13,23H,4-7,9-12H2,1H3,(H2,19,25). The number of aliphatic hydroxyl groups is 1. The molecule has 1 unspecified atom stereocenters. The van der Waals surface area contributed by atoms with Gasteiger partial charge in [0.15, 0.2) is 0 Å². The number of hydrogen-bond acceptors (Lipinski definition) is 5. The van der Waals surface area contributed by atoms with Crippen molar-refractivity contribution in [3.8, 4) is 0 Å². The van der Waals surface area contributed by atoms with E-state index < -0.39 is 12.0 Å². The molecule has 0 saturated carbocycles. The average Bonchev–Trinajstić information content (AvgIpc) is 2.59. The van der Waals surface area contributed by atoms with Gasteiger partial charge in [-0.3, -0.25) is 9.59 Å². The van der Waals surface area contributed by atoms with Gasteiger partial charge in [-0.25, -0.2) is 4.98 Å². The van der Waals surface area contributed by atoms with Crippen LogP contribution < -0.4 is 10.6 Å². The van der Waals surface area contributed by atoms with Crippen LogP contribution in [-0.4, -0.2) is 59.1 Å². The molecule has 7 nitrogen and oxygen atoms in total. The maximum absolute atomic E-state index is 12.1. The zero-order chi connectivity index (χ0) is 18.0. The Hall–Kier alpha value is -2.15. The van der Waals surface area contributed by atoms with Crippen LogP contribution in [0.15, 0.2) is 18.3 Å². The van der Waals surface area contributed by atoms with Gasteiger partial charge in [0.25, 0.3) is 5.91 Å². The number of carbonyl (C=O) groups is 2. The lowest BCUT2D eigenvalue weighted by Crippen LogP contribution is -2.53. The van der Waals surface area contributed by atoms with Gasteiger partial charge in [0.1, 0.15) is 5.82 Å². The van der Waals surface area contributed by atoms with Crippen molar-refractivity contribution in [2.75, 3.05) is 31.1 Å². The highest BCUT2D eigenvalue weighted by molar-refractivity contribution is 5.97. The first kappa shape index (κ1) is 17.7. The second kappa shape index (κ2) is 7.00. The fourth-order valence-electron chi connectivity index (χ4n) is 4.03. The van der Waals surface area contributed by atoms with Crippen molar-refractivity contribution < 1.29 is 14.7 Å². The second-order valence-electron chi connectivity index (χ2n) is 7.35. The highest BCUT2D eigenvalue weighted by atomic mass is 16.3. The van der Waals surface area contributed by atoms with Crippen LogP contribution in [-0.2, 0) is 4.79 Å². The molecule has 0 aromatic carbocycles. The minimum absolute atomic E-state index is 0.0982. The Balaban J connectivity index is 1.69. The van der Waals surface area contributed by atoms with Crippen molar-refractivity contribution in [1.29, 1.82) is 0 Å². The first-order chi connectivity index (χ1) is 11.9. The summed E-state index contributed by atoms with van der Waals surface area (Å²) < 4.78 is 0. The van der Waals surface area contributed by atoms with Gasteiger partial charge in [0.05, 0.1) is 11.7 Å². The maximum atomic E-state index is 12.1. The number of likely N-dealkylation sites (tertiary alicyclic amines) is 1. The number of carbonyl (C=O) groups excluding carboxylic acids is 2. The Morgan fingerprint density at radius 2 is 2.12 bits per heavy atom. The minimum atomic E-state index is -0.508. The third-order valence-electron chi connectivity index (χ3n) is 5.41. The number of nitrogens with zero attached hydrogens (tertiary/aromatic N) is 3. The normalized spacial score (nSPS) is 21.4. The number of rotatable bonds is 4. The summed E-state index contributed by atoms with van der Waals surface area (Å²) in [5.74, 6) is 0.321. The van der Waals surface area contributed by atoms with Crippen LogP contribution in [0.5, 0.6) is 0 Å². The number of β-amino-alcohol motifs (C(OH)–C–C–N with tert-alkyl or cyclic N) is 1. The zero-order valence-electron chi connectivity index (χ0n) is 14.6. The molecule has 3 N–H and O–H groups in total. The van der Waals surface area contributed by atoms with E-state index in [0.29, 0.717) is 30.9 Å². The van der Waals surface area contributed by atoms with Crippen LogP contribution in [0.4, 0.5) is 5.82 Å². The van der Waals surface area contributed by atoms with E-state index in [1.165, 1.54) is 0 Å². The summed E-state index contributed by atoms with van der Waals surface area (Å²) in [5, 5.41) is 9.63. The summed E-state index contributed by atoms with van der Waals surface area (Å²) >= 11 is 0.